The number of hydrogen-bond donors (Lipinski definition) is 1. The number of hydrogen-bond acceptors (Lipinski definition) is 4. The summed E-state index contributed by atoms with van der Waals surface area (Å²) in [4.78, 5) is 11.5. The number of para-hydroxylation sites is 1. The molecule has 0 aliphatic rings. The van der Waals surface area contributed by atoms with Crippen molar-refractivity contribution < 1.29 is 19.4 Å². The summed E-state index contributed by atoms with van der Waals surface area (Å²) in [5, 5.41) is 13.7. The van der Waals surface area contributed by atoms with E-state index in [2.05, 4.69) is 5.10 Å². The second-order valence-corrected chi connectivity index (χ2v) is 5.07. The number of methoxy groups -OCH3 is 2. The molecule has 0 aliphatic carbocycles. The van der Waals surface area contributed by atoms with Crippen molar-refractivity contribution in [3.63, 3.8) is 0 Å². The SMILES string of the molecule is COc1cc(-c2cnn(-c3ccccc3)c2)cc(C(=O)O)c1OC. The van der Waals surface area contributed by atoms with Crippen molar-refractivity contribution in [2.75, 3.05) is 14.2 Å². The molecule has 0 fully saturated rings. The van der Waals surface area contributed by atoms with E-state index < -0.39 is 5.97 Å². The Balaban J connectivity index is 2.08. The van der Waals surface area contributed by atoms with Crippen LogP contribution in [0.1, 0.15) is 10.4 Å². The highest BCUT2D eigenvalue weighted by atomic mass is 16.5. The molecule has 0 spiro atoms. The van der Waals surface area contributed by atoms with Crippen LogP contribution in [-0.4, -0.2) is 35.1 Å². The Hall–Kier alpha value is -3.28. The van der Waals surface area contributed by atoms with Crippen LogP contribution in [0.2, 0.25) is 0 Å². The quantitative estimate of drug-likeness (QED) is 0.780. The van der Waals surface area contributed by atoms with Gasteiger partial charge in [0.05, 0.1) is 26.1 Å². The van der Waals surface area contributed by atoms with Gasteiger partial charge in [-0.3, -0.25) is 0 Å². The van der Waals surface area contributed by atoms with Crippen molar-refractivity contribution in [3.05, 3.63) is 60.4 Å². The molecule has 1 heterocycles. The minimum absolute atomic E-state index is 0.0410. The maximum atomic E-state index is 11.5. The van der Waals surface area contributed by atoms with Crippen LogP contribution >= 0.6 is 0 Å². The van der Waals surface area contributed by atoms with Gasteiger partial charge in [0.25, 0.3) is 0 Å². The third kappa shape index (κ3) is 2.81. The summed E-state index contributed by atoms with van der Waals surface area (Å²) in [6, 6.07) is 12.9. The molecule has 3 aromatic rings. The molecule has 0 aliphatic heterocycles. The van der Waals surface area contributed by atoms with Crippen LogP contribution < -0.4 is 9.47 Å². The van der Waals surface area contributed by atoms with Gasteiger partial charge >= 0.3 is 5.97 Å². The number of carboxylic acid groups (broad SMARTS) is 1. The maximum absolute atomic E-state index is 11.5. The number of carboxylic acids is 1. The zero-order chi connectivity index (χ0) is 17.1. The predicted molar refractivity (Wildman–Crippen MR) is 89.1 cm³/mol. The maximum Gasteiger partial charge on any atom is 0.339 e. The van der Waals surface area contributed by atoms with E-state index in [1.807, 2.05) is 36.5 Å². The summed E-state index contributed by atoms with van der Waals surface area (Å²) in [6.07, 6.45) is 3.52. The Morgan fingerprint density at radius 2 is 1.83 bits per heavy atom. The van der Waals surface area contributed by atoms with Crippen LogP contribution in [0.4, 0.5) is 0 Å². The number of aromatic carboxylic acids is 1. The molecule has 0 atom stereocenters. The molecule has 0 bridgehead atoms. The van der Waals surface area contributed by atoms with Gasteiger partial charge in [0, 0.05) is 11.8 Å². The van der Waals surface area contributed by atoms with E-state index in [1.54, 1.807) is 23.0 Å². The molecular formula is C18H16N2O4. The lowest BCUT2D eigenvalue weighted by molar-refractivity contribution is 0.0692. The molecule has 1 N–H and O–H groups in total. The third-order valence-corrected chi connectivity index (χ3v) is 3.65. The van der Waals surface area contributed by atoms with Gasteiger partial charge in [-0.05, 0) is 29.8 Å². The van der Waals surface area contributed by atoms with Gasteiger partial charge in [-0.2, -0.15) is 5.10 Å². The Bertz CT molecular complexity index is 872. The molecule has 2 aromatic carbocycles. The van der Waals surface area contributed by atoms with E-state index in [0.717, 1.165) is 11.3 Å². The van der Waals surface area contributed by atoms with Crippen LogP contribution in [0.15, 0.2) is 54.9 Å². The molecule has 6 nitrogen and oxygen atoms in total. The molecule has 1 aromatic heterocycles. The minimum Gasteiger partial charge on any atom is -0.493 e. The summed E-state index contributed by atoms with van der Waals surface area (Å²) >= 11 is 0. The zero-order valence-corrected chi connectivity index (χ0v) is 13.3. The van der Waals surface area contributed by atoms with E-state index in [4.69, 9.17) is 9.47 Å². The molecule has 0 radical (unpaired) electrons. The number of carbonyl (C=O) groups is 1. The molecular weight excluding hydrogens is 308 g/mol. The van der Waals surface area contributed by atoms with Gasteiger partial charge in [0.2, 0.25) is 0 Å². The molecule has 24 heavy (non-hydrogen) atoms. The second-order valence-electron chi connectivity index (χ2n) is 5.07. The van der Waals surface area contributed by atoms with E-state index >= 15 is 0 Å². The lowest BCUT2D eigenvalue weighted by Gasteiger charge is -2.12. The second kappa shape index (κ2) is 6.45. The lowest BCUT2D eigenvalue weighted by atomic mass is 10.0. The average molecular weight is 324 g/mol. The average Bonchev–Trinajstić information content (AvgIpc) is 3.11. The van der Waals surface area contributed by atoms with Gasteiger partial charge < -0.3 is 14.6 Å². The van der Waals surface area contributed by atoms with Crippen LogP contribution in [-0.2, 0) is 0 Å². The number of rotatable bonds is 5. The molecule has 0 amide bonds. The first-order valence-corrected chi connectivity index (χ1v) is 7.24. The lowest BCUT2D eigenvalue weighted by Crippen LogP contribution is -2.03. The standard InChI is InChI=1S/C18H16N2O4/c1-23-16-9-12(8-15(18(21)22)17(16)24-2)13-10-19-20(11-13)14-6-4-3-5-7-14/h3-11H,1-2H3,(H,21,22). The Morgan fingerprint density at radius 1 is 1.08 bits per heavy atom. The van der Waals surface area contributed by atoms with Gasteiger partial charge in [0.1, 0.15) is 5.56 Å². The summed E-state index contributed by atoms with van der Waals surface area (Å²) in [6.45, 7) is 0. The summed E-state index contributed by atoms with van der Waals surface area (Å²) in [7, 11) is 2.89. The zero-order valence-electron chi connectivity index (χ0n) is 13.3. The predicted octanol–water partition coefficient (Wildman–Crippen LogP) is 3.25. The number of benzene rings is 2. The highest BCUT2D eigenvalue weighted by Gasteiger charge is 2.19. The number of aromatic nitrogens is 2. The van der Waals surface area contributed by atoms with Gasteiger partial charge in [0.15, 0.2) is 11.5 Å². The monoisotopic (exact) mass is 324 g/mol. The fraction of sp³-hybridized carbons (Fsp3) is 0.111. The first-order valence-electron chi connectivity index (χ1n) is 7.24. The Morgan fingerprint density at radius 3 is 2.46 bits per heavy atom. The minimum atomic E-state index is -1.08. The van der Waals surface area contributed by atoms with Crippen molar-refractivity contribution >= 4 is 5.97 Å². The van der Waals surface area contributed by atoms with E-state index in [9.17, 15) is 9.90 Å². The first-order chi connectivity index (χ1) is 11.6. The van der Waals surface area contributed by atoms with Crippen molar-refractivity contribution in [1.29, 1.82) is 0 Å². The van der Waals surface area contributed by atoms with E-state index in [-0.39, 0.29) is 11.3 Å². The van der Waals surface area contributed by atoms with Gasteiger partial charge in [-0.25, -0.2) is 9.48 Å². The molecule has 3 rings (SSSR count). The Kier molecular flexibility index (Phi) is 4.20. The smallest absolute Gasteiger partial charge is 0.339 e. The van der Waals surface area contributed by atoms with Crippen molar-refractivity contribution in [1.82, 2.24) is 9.78 Å². The fourth-order valence-electron chi connectivity index (χ4n) is 2.48. The molecule has 6 heteroatoms. The Labute approximate surface area is 138 Å². The number of ether oxygens (including phenoxy) is 2. The van der Waals surface area contributed by atoms with Crippen LogP contribution in [0, 0.1) is 0 Å². The van der Waals surface area contributed by atoms with Crippen LogP contribution in [0.25, 0.3) is 16.8 Å². The normalized spacial score (nSPS) is 10.4. The third-order valence-electron chi connectivity index (χ3n) is 3.65. The highest BCUT2D eigenvalue weighted by molar-refractivity contribution is 5.94. The van der Waals surface area contributed by atoms with E-state index in [1.165, 1.54) is 14.2 Å². The highest BCUT2D eigenvalue weighted by Crippen LogP contribution is 2.36. The number of nitrogens with zero attached hydrogens (tertiary/aromatic N) is 2. The van der Waals surface area contributed by atoms with E-state index in [0.29, 0.717) is 11.3 Å². The topological polar surface area (TPSA) is 73.6 Å². The first kappa shape index (κ1) is 15.6. The molecule has 0 unspecified atom stereocenters. The largest absolute Gasteiger partial charge is 0.493 e. The van der Waals surface area contributed by atoms with Crippen LogP contribution in [0.3, 0.4) is 0 Å². The van der Waals surface area contributed by atoms with Crippen molar-refractivity contribution in [2.45, 2.75) is 0 Å². The van der Waals surface area contributed by atoms with Gasteiger partial charge in [-0.15, -0.1) is 0 Å². The van der Waals surface area contributed by atoms with Crippen molar-refractivity contribution in [2.24, 2.45) is 0 Å². The van der Waals surface area contributed by atoms with Crippen molar-refractivity contribution in [3.8, 4) is 28.3 Å². The molecule has 122 valence electrons. The van der Waals surface area contributed by atoms with Gasteiger partial charge in [-0.1, -0.05) is 18.2 Å². The molecule has 0 saturated heterocycles. The summed E-state index contributed by atoms with van der Waals surface area (Å²) < 4.78 is 12.2. The fourth-order valence-corrected chi connectivity index (χ4v) is 2.48. The summed E-state index contributed by atoms with van der Waals surface area (Å²) in [5.74, 6) is -0.522. The van der Waals surface area contributed by atoms with Crippen LogP contribution in [0.5, 0.6) is 11.5 Å². The summed E-state index contributed by atoms with van der Waals surface area (Å²) in [5.41, 5.74) is 2.43. The molecule has 0 saturated carbocycles.